The molecule has 0 unspecified atom stereocenters. The van der Waals surface area contributed by atoms with Crippen LogP contribution in [-0.4, -0.2) is 4.98 Å². The van der Waals surface area contributed by atoms with E-state index in [2.05, 4.69) is 51.2 Å². The fourth-order valence-corrected chi connectivity index (χ4v) is 5.24. The molecule has 1 heterocycles. The molecule has 3 aromatic rings. The molecule has 0 saturated heterocycles. The summed E-state index contributed by atoms with van der Waals surface area (Å²) in [5.74, 6) is 0.667. The molecule has 23 heavy (non-hydrogen) atoms. The van der Waals surface area contributed by atoms with E-state index in [4.69, 9.17) is 4.98 Å². The number of rotatable bonds is 0. The van der Waals surface area contributed by atoms with Crippen LogP contribution in [0.4, 0.5) is 0 Å². The molecule has 2 atom stereocenters. The molecule has 5 rings (SSSR count). The van der Waals surface area contributed by atoms with E-state index in [9.17, 15) is 0 Å². The maximum atomic E-state index is 4.87. The molecule has 0 aliphatic heterocycles. The quantitative estimate of drug-likeness (QED) is 0.313. The van der Waals surface area contributed by atoms with Gasteiger partial charge in [-0.15, -0.1) is 35.0 Å². The van der Waals surface area contributed by atoms with Gasteiger partial charge < -0.3 is 4.98 Å². The summed E-state index contributed by atoms with van der Waals surface area (Å²) in [6, 6.07) is 14.1. The molecule has 0 amide bonds. The average molecular weight is 479 g/mol. The third kappa shape index (κ3) is 1.64. The van der Waals surface area contributed by atoms with Gasteiger partial charge in [-0.05, 0) is 51.6 Å². The summed E-state index contributed by atoms with van der Waals surface area (Å²) in [4.78, 5) is 4.87. The molecule has 0 spiro atoms. The Balaban J connectivity index is 0.00000135. The van der Waals surface area contributed by atoms with E-state index in [0.29, 0.717) is 11.3 Å². The van der Waals surface area contributed by atoms with Crippen LogP contribution in [0.2, 0.25) is 0 Å². The molecule has 1 radical (unpaired) electrons. The van der Waals surface area contributed by atoms with Gasteiger partial charge >= 0.3 is 0 Å². The second-order valence-electron chi connectivity index (χ2n) is 7.83. The van der Waals surface area contributed by atoms with Gasteiger partial charge in [0.25, 0.3) is 0 Å². The van der Waals surface area contributed by atoms with E-state index in [1.165, 1.54) is 29.2 Å². The zero-order valence-electron chi connectivity index (χ0n) is 13.7. The van der Waals surface area contributed by atoms with Gasteiger partial charge in [0.15, 0.2) is 0 Å². The fraction of sp³-hybridized carbons (Fsp3) is 0.381. The summed E-state index contributed by atoms with van der Waals surface area (Å²) in [5, 5.41) is 3.74. The molecule has 2 heteroatoms. The molecule has 2 aliphatic rings. The second-order valence-corrected chi connectivity index (χ2v) is 7.83. The predicted octanol–water partition coefficient (Wildman–Crippen LogP) is 5.36. The minimum absolute atomic E-state index is 0. The standard InChI is InChI=1S/C21H20N.Ir/c1-20(2)17-10-11-21(20,3)18-15-9-8-13-6-4-5-7-14(13)19(15)22-12-16(17)18;/h4-6,8-9,12,17H,10-11H2,1-3H3;/q-1;/t17-,21+;/m1./s1. The smallest absolute Gasteiger partial charge is 0.0199 e. The molecule has 2 bridgehead atoms. The van der Waals surface area contributed by atoms with Gasteiger partial charge in [0.1, 0.15) is 0 Å². The fourth-order valence-electron chi connectivity index (χ4n) is 5.24. The van der Waals surface area contributed by atoms with Crippen molar-refractivity contribution in [3.8, 4) is 0 Å². The van der Waals surface area contributed by atoms with Gasteiger partial charge in [0.2, 0.25) is 0 Å². The van der Waals surface area contributed by atoms with E-state index in [0.717, 1.165) is 10.9 Å². The molecule has 2 aromatic carbocycles. The van der Waals surface area contributed by atoms with Gasteiger partial charge in [0.05, 0.1) is 0 Å². The minimum atomic E-state index is 0. The third-order valence-electron chi connectivity index (χ3n) is 6.85. The van der Waals surface area contributed by atoms with Crippen LogP contribution in [-0.2, 0) is 25.5 Å². The van der Waals surface area contributed by atoms with Gasteiger partial charge in [-0.3, -0.25) is 0 Å². The Hall–Kier alpha value is -1.24. The van der Waals surface area contributed by atoms with Crippen molar-refractivity contribution in [1.82, 2.24) is 4.98 Å². The summed E-state index contributed by atoms with van der Waals surface area (Å²) in [5.41, 5.74) is 4.80. The summed E-state index contributed by atoms with van der Waals surface area (Å²) in [7, 11) is 0. The Morgan fingerprint density at radius 3 is 2.83 bits per heavy atom. The first-order valence-corrected chi connectivity index (χ1v) is 8.26. The van der Waals surface area contributed by atoms with E-state index in [-0.39, 0.29) is 25.5 Å². The second kappa shape index (κ2) is 4.65. The number of hydrogen-bond donors (Lipinski definition) is 0. The number of hydrogen-bond acceptors (Lipinski definition) is 1. The van der Waals surface area contributed by atoms with Crippen LogP contribution < -0.4 is 0 Å². The largest absolute Gasteiger partial charge is 0.304 e. The van der Waals surface area contributed by atoms with Gasteiger partial charge in [-0.2, -0.15) is 0 Å². The maximum Gasteiger partial charge on any atom is 0.0199 e. The first-order valence-electron chi connectivity index (χ1n) is 8.26. The number of nitrogens with zero attached hydrogens (tertiary/aromatic N) is 1. The molecule has 1 saturated carbocycles. The van der Waals surface area contributed by atoms with Crippen molar-refractivity contribution in [2.75, 3.05) is 0 Å². The molecule has 1 aromatic heterocycles. The Morgan fingerprint density at radius 1 is 1.17 bits per heavy atom. The molecule has 1 fully saturated rings. The molecule has 119 valence electrons. The van der Waals surface area contributed by atoms with Gasteiger partial charge in [-0.1, -0.05) is 32.9 Å². The average Bonchev–Trinajstić information content (AvgIpc) is 2.86. The van der Waals surface area contributed by atoms with E-state index < -0.39 is 0 Å². The topological polar surface area (TPSA) is 12.9 Å². The normalized spacial score (nSPS) is 27.2. The van der Waals surface area contributed by atoms with Crippen LogP contribution in [0.1, 0.15) is 50.7 Å². The van der Waals surface area contributed by atoms with Crippen LogP contribution in [0.5, 0.6) is 0 Å². The zero-order chi connectivity index (χ0) is 15.1. The first kappa shape index (κ1) is 15.3. The summed E-state index contributed by atoms with van der Waals surface area (Å²) < 4.78 is 0. The van der Waals surface area contributed by atoms with Crippen LogP contribution in [0.3, 0.4) is 0 Å². The number of fused-ring (bicyclic) bond motifs is 9. The van der Waals surface area contributed by atoms with Crippen molar-refractivity contribution >= 4 is 21.7 Å². The molecular formula is C21H20IrN-. The van der Waals surface area contributed by atoms with E-state index in [1.54, 1.807) is 5.56 Å². The van der Waals surface area contributed by atoms with Crippen molar-refractivity contribution in [1.29, 1.82) is 0 Å². The van der Waals surface area contributed by atoms with Crippen molar-refractivity contribution in [2.45, 2.75) is 44.9 Å². The molecular weight excluding hydrogens is 458 g/mol. The number of aromatic nitrogens is 1. The Labute approximate surface area is 150 Å². The Morgan fingerprint density at radius 2 is 2.00 bits per heavy atom. The van der Waals surface area contributed by atoms with Crippen molar-refractivity contribution in [3.63, 3.8) is 0 Å². The Bertz CT molecular complexity index is 943. The van der Waals surface area contributed by atoms with Gasteiger partial charge in [0, 0.05) is 26.3 Å². The van der Waals surface area contributed by atoms with Crippen LogP contribution in [0.25, 0.3) is 21.7 Å². The summed E-state index contributed by atoms with van der Waals surface area (Å²) in [6.07, 6.45) is 4.77. The maximum absolute atomic E-state index is 4.87. The van der Waals surface area contributed by atoms with Crippen molar-refractivity contribution in [2.24, 2.45) is 5.41 Å². The van der Waals surface area contributed by atoms with Crippen LogP contribution >= 0.6 is 0 Å². The van der Waals surface area contributed by atoms with Crippen molar-refractivity contribution in [3.05, 3.63) is 53.7 Å². The first-order chi connectivity index (χ1) is 10.5. The van der Waals surface area contributed by atoms with Gasteiger partial charge in [-0.25, -0.2) is 0 Å². The number of benzene rings is 2. The molecule has 2 aliphatic carbocycles. The SMILES string of the molecule is CC1(C)[C@@H]2CC[C@@]1(C)c1c2cnc2c1ccc1ccc[c-]c12.[Ir]. The number of pyridine rings is 1. The molecule has 1 nitrogen and oxygen atoms in total. The van der Waals surface area contributed by atoms with Crippen LogP contribution in [0.15, 0.2) is 36.5 Å². The summed E-state index contributed by atoms with van der Waals surface area (Å²) >= 11 is 0. The Kier molecular flexibility index (Phi) is 3.09. The van der Waals surface area contributed by atoms with E-state index in [1.807, 2.05) is 12.1 Å². The zero-order valence-corrected chi connectivity index (χ0v) is 16.1. The molecule has 0 N–H and O–H groups in total. The third-order valence-corrected chi connectivity index (χ3v) is 6.85. The van der Waals surface area contributed by atoms with Crippen LogP contribution in [0, 0.1) is 11.5 Å². The van der Waals surface area contributed by atoms with E-state index >= 15 is 0 Å². The predicted molar refractivity (Wildman–Crippen MR) is 91.2 cm³/mol. The van der Waals surface area contributed by atoms with Crippen molar-refractivity contribution < 1.29 is 20.1 Å². The minimum Gasteiger partial charge on any atom is -0.304 e. The monoisotopic (exact) mass is 479 g/mol. The summed E-state index contributed by atoms with van der Waals surface area (Å²) in [6.45, 7) is 7.37.